The van der Waals surface area contributed by atoms with Crippen molar-refractivity contribution in [3.8, 4) is 12.3 Å². The summed E-state index contributed by atoms with van der Waals surface area (Å²) in [4.78, 5) is 0. The smallest absolute Gasteiger partial charge is 0.0824 e. The van der Waals surface area contributed by atoms with Gasteiger partial charge >= 0.3 is 0 Å². The van der Waals surface area contributed by atoms with E-state index in [1.54, 1.807) is 6.08 Å². The Morgan fingerprint density at radius 3 is 2.54 bits per heavy atom. The number of aliphatic hydroxyl groups is 1. The molecule has 0 fully saturated rings. The van der Waals surface area contributed by atoms with Crippen LogP contribution in [0.1, 0.15) is 23.7 Å². The highest BCUT2D eigenvalue weighted by molar-refractivity contribution is 5.34. The van der Waals surface area contributed by atoms with Gasteiger partial charge in [0.2, 0.25) is 0 Å². The zero-order valence-electron chi connectivity index (χ0n) is 7.40. The highest BCUT2D eigenvalue weighted by Gasteiger charge is 2.03. The third-order valence-electron chi connectivity index (χ3n) is 1.85. The number of benzene rings is 1. The Hall–Kier alpha value is -1.52. The van der Waals surface area contributed by atoms with Crippen LogP contribution in [0.3, 0.4) is 0 Å². The molecule has 0 saturated carbocycles. The monoisotopic (exact) mass is 172 g/mol. The molecule has 0 aromatic heterocycles. The van der Waals surface area contributed by atoms with Gasteiger partial charge in [-0.05, 0) is 24.1 Å². The Morgan fingerprint density at radius 2 is 2.08 bits per heavy atom. The van der Waals surface area contributed by atoms with Crippen molar-refractivity contribution in [3.63, 3.8) is 0 Å². The molecule has 0 heterocycles. The van der Waals surface area contributed by atoms with Gasteiger partial charge in [0.1, 0.15) is 0 Å². The first-order valence-corrected chi connectivity index (χ1v) is 4.13. The minimum absolute atomic E-state index is 0.468. The van der Waals surface area contributed by atoms with E-state index in [0.717, 1.165) is 11.1 Å². The van der Waals surface area contributed by atoms with Crippen LogP contribution >= 0.6 is 0 Å². The first kappa shape index (κ1) is 9.57. The van der Waals surface area contributed by atoms with Gasteiger partial charge in [0.05, 0.1) is 6.10 Å². The lowest BCUT2D eigenvalue weighted by Gasteiger charge is -2.07. The molecule has 0 spiro atoms. The molecule has 66 valence electrons. The predicted octanol–water partition coefficient (Wildman–Crippen LogP) is 2.28. The lowest BCUT2D eigenvalue weighted by atomic mass is 10.1. The van der Waals surface area contributed by atoms with Gasteiger partial charge in [0.15, 0.2) is 0 Å². The molecule has 0 bridgehead atoms. The highest BCUT2D eigenvalue weighted by Crippen LogP contribution is 2.16. The summed E-state index contributed by atoms with van der Waals surface area (Å²) < 4.78 is 0. The zero-order valence-corrected chi connectivity index (χ0v) is 7.40. The summed E-state index contributed by atoms with van der Waals surface area (Å²) in [5.74, 6) is 2.52. The maximum Gasteiger partial charge on any atom is 0.0824 e. The van der Waals surface area contributed by atoms with E-state index < -0.39 is 6.10 Å². The van der Waals surface area contributed by atoms with Crippen molar-refractivity contribution in [1.82, 2.24) is 0 Å². The van der Waals surface area contributed by atoms with Crippen LogP contribution in [-0.4, -0.2) is 5.11 Å². The van der Waals surface area contributed by atoms with Crippen molar-refractivity contribution >= 4 is 0 Å². The Balaban J connectivity index is 2.80. The lowest BCUT2D eigenvalue weighted by molar-refractivity contribution is 0.181. The minimum atomic E-state index is -0.468. The van der Waals surface area contributed by atoms with Crippen LogP contribution in [0.15, 0.2) is 36.9 Å². The molecule has 1 rings (SSSR count). The molecule has 0 amide bonds. The number of hydrogen-bond acceptors (Lipinski definition) is 1. The second kappa shape index (κ2) is 4.49. The molecule has 1 aromatic carbocycles. The van der Waals surface area contributed by atoms with Crippen molar-refractivity contribution < 1.29 is 5.11 Å². The van der Waals surface area contributed by atoms with Gasteiger partial charge in [-0.2, -0.15) is 0 Å². The first-order valence-electron chi connectivity index (χ1n) is 4.13. The van der Waals surface area contributed by atoms with Gasteiger partial charge in [0.25, 0.3) is 0 Å². The molecule has 1 atom stereocenters. The molecule has 1 aromatic rings. The normalized spacial score (nSPS) is 11.7. The van der Waals surface area contributed by atoms with Gasteiger partial charge in [-0.1, -0.05) is 24.1 Å². The lowest BCUT2D eigenvalue weighted by Crippen LogP contribution is -1.94. The fraction of sp³-hybridized carbons (Fsp3) is 0.167. The first-order chi connectivity index (χ1) is 6.27. The van der Waals surface area contributed by atoms with Crippen LogP contribution in [0.4, 0.5) is 0 Å². The van der Waals surface area contributed by atoms with Crippen molar-refractivity contribution in [2.75, 3.05) is 0 Å². The van der Waals surface area contributed by atoms with Crippen LogP contribution in [0, 0.1) is 12.3 Å². The second-order valence-electron chi connectivity index (χ2n) is 2.81. The predicted molar refractivity (Wildman–Crippen MR) is 54.2 cm³/mol. The van der Waals surface area contributed by atoms with Gasteiger partial charge in [-0.3, -0.25) is 0 Å². The summed E-state index contributed by atoms with van der Waals surface area (Å²) in [6.45, 7) is 3.57. The van der Waals surface area contributed by atoms with Gasteiger partial charge in [0, 0.05) is 5.56 Å². The largest absolute Gasteiger partial charge is 0.388 e. The van der Waals surface area contributed by atoms with Crippen LogP contribution < -0.4 is 0 Å². The number of hydrogen-bond donors (Lipinski definition) is 1. The van der Waals surface area contributed by atoms with E-state index in [-0.39, 0.29) is 0 Å². The SMILES string of the molecule is C#Cc1ccc([C@H](O)CC=C)cc1. The highest BCUT2D eigenvalue weighted by atomic mass is 16.3. The summed E-state index contributed by atoms with van der Waals surface area (Å²) in [6.07, 6.45) is 7.00. The fourth-order valence-electron chi connectivity index (χ4n) is 1.10. The Labute approximate surface area is 78.7 Å². The summed E-state index contributed by atoms with van der Waals surface area (Å²) in [7, 11) is 0. The number of rotatable bonds is 3. The molecule has 0 aliphatic carbocycles. The Bertz CT molecular complexity index is 316. The van der Waals surface area contributed by atoms with E-state index >= 15 is 0 Å². The quantitative estimate of drug-likeness (QED) is 0.547. The van der Waals surface area contributed by atoms with Crippen molar-refractivity contribution in [2.24, 2.45) is 0 Å². The Morgan fingerprint density at radius 1 is 1.46 bits per heavy atom. The Kier molecular flexibility index (Phi) is 3.31. The maximum absolute atomic E-state index is 9.56. The third-order valence-corrected chi connectivity index (χ3v) is 1.85. The molecule has 1 heteroatoms. The molecular formula is C12H12O. The van der Waals surface area contributed by atoms with E-state index in [1.165, 1.54) is 0 Å². The molecule has 1 nitrogen and oxygen atoms in total. The van der Waals surface area contributed by atoms with Crippen LogP contribution in [0.5, 0.6) is 0 Å². The average molecular weight is 172 g/mol. The average Bonchev–Trinajstić information content (AvgIpc) is 2.18. The van der Waals surface area contributed by atoms with Crippen molar-refractivity contribution in [3.05, 3.63) is 48.0 Å². The molecular weight excluding hydrogens is 160 g/mol. The summed E-state index contributed by atoms with van der Waals surface area (Å²) >= 11 is 0. The van der Waals surface area contributed by atoms with E-state index in [0.29, 0.717) is 6.42 Å². The minimum Gasteiger partial charge on any atom is -0.388 e. The summed E-state index contributed by atoms with van der Waals surface area (Å²) in [5, 5.41) is 9.56. The molecule has 0 unspecified atom stereocenters. The molecule has 0 radical (unpaired) electrons. The van der Waals surface area contributed by atoms with Crippen LogP contribution in [-0.2, 0) is 0 Å². The maximum atomic E-state index is 9.56. The van der Waals surface area contributed by atoms with E-state index in [2.05, 4.69) is 12.5 Å². The summed E-state index contributed by atoms with van der Waals surface area (Å²) in [6, 6.07) is 7.32. The fourth-order valence-corrected chi connectivity index (χ4v) is 1.10. The zero-order chi connectivity index (χ0) is 9.68. The van der Waals surface area contributed by atoms with Gasteiger partial charge < -0.3 is 5.11 Å². The van der Waals surface area contributed by atoms with Crippen molar-refractivity contribution in [1.29, 1.82) is 0 Å². The molecule has 1 N–H and O–H groups in total. The van der Waals surface area contributed by atoms with Crippen molar-refractivity contribution in [2.45, 2.75) is 12.5 Å². The number of terminal acetylenes is 1. The number of aliphatic hydroxyl groups excluding tert-OH is 1. The van der Waals surface area contributed by atoms with Crippen LogP contribution in [0.25, 0.3) is 0 Å². The van der Waals surface area contributed by atoms with E-state index in [4.69, 9.17) is 6.42 Å². The van der Waals surface area contributed by atoms with Gasteiger partial charge in [-0.15, -0.1) is 13.0 Å². The topological polar surface area (TPSA) is 20.2 Å². The molecule has 0 aliphatic heterocycles. The molecule has 13 heavy (non-hydrogen) atoms. The van der Waals surface area contributed by atoms with Crippen LogP contribution in [0.2, 0.25) is 0 Å². The van der Waals surface area contributed by atoms with Gasteiger partial charge in [-0.25, -0.2) is 0 Å². The molecule has 0 aliphatic rings. The second-order valence-corrected chi connectivity index (χ2v) is 2.81. The standard InChI is InChI=1S/C12H12O/c1-3-5-12(13)11-8-6-10(4-2)7-9-11/h2-3,6-9,12-13H,1,5H2/t12-/m1/s1. The molecule has 0 saturated heterocycles. The van der Waals surface area contributed by atoms with E-state index in [9.17, 15) is 5.11 Å². The third kappa shape index (κ3) is 2.47. The van der Waals surface area contributed by atoms with E-state index in [1.807, 2.05) is 24.3 Å². The summed E-state index contributed by atoms with van der Waals surface area (Å²) in [5.41, 5.74) is 1.70.